The van der Waals surface area contributed by atoms with Gasteiger partial charge in [0, 0.05) is 32.6 Å². The molecular formula is C11H15BrN2O6S. The summed E-state index contributed by atoms with van der Waals surface area (Å²) in [6.07, 6.45) is 0. The van der Waals surface area contributed by atoms with E-state index in [0.717, 1.165) is 10.4 Å². The van der Waals surface area contributed by atoms with Gasteiger partial charge in [0.2, 0.25) is 21.7 Å². The maximum atomic E-state index is 12.3. The van der Waals surface area contributed by atoms with Crippen LogP contribution >= 0.6 is 15.9 Å². The van der Waals surface area contributed by atoms with Crippen LogP contribution in [0.25, 0.3) is 0 Å². The monoisotopic (exact) mass is 382 g/mol. The Hall–Kier alpha value is -1.39. The van der Waals surface area contributed by atoms with Crippen LogP contribution < -0.4 is 5.32 Å². The molecule has 0 aliphatic heterocycles. The van der Waals surface area contributed by atoms with Crippen molar-refractivity contribution in [1.82, 2.24) is 9.62 Å². The van der Waals surface area contributed by atoms with Crippen LogP contribution in [0.2, 0.25) is 0 Å². The Morgan fingerprint density at radius 1 is 1.52 bits per heavy atom. The van der Waals surface area contributed by atoms with Crippen molar-refractivity contribution < 1.29 is 27.5 Å². The maximum Gasteiger partial charge on any atom is 0.371 e. The third kappa shape index (κ3) is 3.83. The summed E-state index contributed by atoms with van der Waals surface area (Å²) < 4.78 is 30.3. The zero-order valence-electron chi connectivity index (χ0n) is 11.6. The largest absolute Gasteiger partial charge is 0.475 e. The normalized spacial score (nSPS) is 13.2. The highest BCUT2D eigenvalue weighted by molar-refractivity contribution is 9.10. The molecule has 118 valence electrons. The molecule has 1 amide bonds. The standard InChI is InChI=1S/C11H15BrN2O6S/c1-6(10(15)13-2)5-14(3)21(18,19)8-4-7(11(16)17)20-9(8)12/h4,6H,5H2,1-3H3,(H,13,15)(H,16,17). The van der Waals surface area contributed by atoms with Crippen LogP contribution in [0.1, 0.15) is 17.5 Å². The molecule has 1 rings (SSSR count). The number of amides is 1. The number of nitrogens with zero attached hydrogens (tertiary/aromatic N) is 1. The molecule has 1 atom stereocenters. The number of carboxylic acids is 1. The fraction of sp³-hybridized carbons (Fsp3) is 0.455. The number of hydrogen-bond donors (Lipinski definition) is 2. The second-order valence-electron chi connectivity index (χ2n) is 4.35. The Labute approximate surface area is 130 Å². The second kappa shape index (κ2) is 6.58. The van der Waals surface area contributed by atoms with E-state index in [2.05, 4.69) is 21.2 Å². The Morgan fingerprint density at radius 2 is 2.10 bits per heavy atom. The van der Waals surface area contributed by atoms with Crippen LogP contribution in [0, 0.1) is 5.92 Å². The van der Waals surface area contributed by atoms with Crippen LogP contribution in [0.4, 0.5) is 0 Å². The second-order valence-corrected chi connectivity index (χ2v) is 7.09. The SMILES string of the molecule is CNC(=O)C(C)CN(C)S(=O)(=O)c1cc(C(=O)O)oc1Br. The molecule has 0 radical (unpaired) electrons. The lowest BCUT2D eigenvalue weighted by Gasteiger charge is -2.19. The van der Waals surface area contributed by atoms with Crippen molar-refractivity contribution in [2.24, 2.45) is 5.92 Å². The Balaban J connectivity index is 3.05. The van der Waals surface area contributed by atoms with Crippen molar-refractivity contribution in [1.29, 1.82) is 0 Å². The van der Waals surface area contributed by atoms with Crippen LogP contribution in [0.15, 0.2) is 20.0 Å². The fourth-order valence-corrected chi connectivity index (χ4v) is 3.77. The van der Waals surface area contributed by atoms with E-state index in [4.69, 9.17) is 9.52 Å². The minimum Gasteiger partial charge on any atom is -0.475 e. The van der Waals surface area contributed by atoms with Gasteiger partial charge in [-0.1, -0.05) is 6.92 Å². The van der Waals surface area contributed by atoms with Gasteiger partial charge in [0.05, 0.1) is 0 Å². The molecule has 0 aromatic carbocycles. The third-order valence-corrected chi connectivity index (χ3v) is 5.46. The lowest BCUT2D eigenvalue weighted by Crippen LogP contribution is -2.37. The number of carboxylic acid groups (broad SMARTS) is 1. The van der Waals surface area contributed by atoms with Gasteiger partial charge < -0.3 is 14.8 Å². The minimum atomic E-state index is -3.97. The predicted octanol–water partition coefficient (Wildman–Crippen LogP) is 0.743. The van der Waals surface area contributed by atoms with Crippen LogP contribution in [0.5, 0.6) is 0 Å². The number of halogens is 1. The molecule has 1 aromatic rings. The first kappa shape index (κ1) is 17.7. The lowest BCUT2D eigenvalue weighted by molar-refractivity contribution is -0.124. The number of sulfonamides is 1. The van der Waals surface area contributed by atoms with Gasteiger partial charge in [-0.2, -0.15) is 0 Å². The summed E-state index contributed by atoms with van der Waals surface area (Å²) in [4.78, 5) is 21.9. The fourth-order valence-electron chi connectivity index (χ4n) is 1.61. The molecule has 2 N–H and O–H groups in total. The van der Waals surface area contributed by atoms with Gasteiger partial charge in [-0.15, -0.1) is 0 Å². The molecule has 0 bridgehead atoms. The summed E-state index contributed by atoms with van der Waals surface area (Å²) in [7, 11) is -1.21. The molecule has 1 aromatic heterocycles. The summed E-state index contributed by atoms with van der Waals surface area (Å²) in [5, 5.41) is 11.2. The van der Waals surface area contributed by atoms with Crippen molar-refractivity contribution in [2.75, 3.05) is 20.6 Å². The highest BCUT2D eigenvalue weighted by atomic mass is 79.9. The summed E-state index contributed by atoms with van der Waals surface area (Å²) >= 11 is 2.88. The summed E-state index contributed by atoms with van der Waals surface area (Å²) in [6.45, 7) is 1.53. The Morgan fingerprint density at radius 3 is 2.52 bits per heavy atom. The van der Waals surface area contributed by atoms with Gasteiger partial charge in [0.15, 0.2) is 4.67 Å². The van der Waals surface area contributed by atoms with E-state index < -0.39 is 27.7 Å². The first-order chi connectivity index (χ1) is 9.61. The van der Waals surface area contributed by atoms with Gasteiger partial charge in [-0.05, 0) is 15.9 Å². The molecule has 0 aliphatic carbocycles. The van der Waals surface area contributed by atoms with Crippen molar-refractivity contribution in [3.63, 3.8) is 0 Å². The highest BCUT2D eigenvalue weighted by Crippen LogP contribution is 2.28. The van der Waals surface area contributed by atoms with E-state index in [1.807, 2.05) is 0 Å². The smallest absolute Gasteiger partial charge is 0.371 e. The molecule has 10 heteroatoms. The average Bonchev–Trinajstić information content (AvgIpc) is 2.80. The van der Waals surface area contributed by atoms with Crippen LogP contribution in [-0.2, 0) is 14.8 Å². The number of carbonyl (C=O) groups excluding carboxylic acids is 1. The molecule has 0 saturated carbocycles. The Kier molecular flexibility index (Phi) is 5.54. The van der Waals surface area contributed by atoms with E-state index in [1.165, 1.54) is 14.1 Å². The number of carbonyl (C=O) groups is 2. The molecule has 0 saturated heterocycles. The number of rotatable bonds is 6. The van der Waals surface area contributed by atoms with Gasteiger partial charge in [-0.3, -0.25) is 4.79 Å². The molecule has 8 nitrogen and oxygen atoms in total. The molecule has 21 heavy (non-hydrogen) atoms. The van der Waals surface area contributed by atoms with Crippen molar-refractivity contribution in [3.8, 4) is 0 Å². The zero-order valence-corrected chi connectivity index (χ0v) is 14.0. The van der Waals surface area contributed by atoms with E-state index in [-0.39, 0.29) is 22.0 Å². The van der Waals surface area contributed by atoms with Gasteiger partial charge in [0.25, 0.3) is 0 Å². The molecule has 0 aliphatic rings. The van der Waals surface area contributed by atoms with Gasteiger partial charge in [-0.25, -0.2) is 17.5 Å². The summed E-state index contributed by atoms with van der Waals surface area (Å²) in [5.74, 6) is -2.72. The van der Waals surface area contributed by atoms with Crippen molar-refractivity contribution >= 4 is 37.8 Å². The Bertz CT molecular complexity index is 654. The number of nitrogens with one attached hydrogen (secondary N) is 1. The first-order valence-electron chi connectivity index (χ1n) is 5.81. The summed E-state index contributed by atoms with van der Waals surface area (Å²) in [5.41, 5.74) is 0. The third-order valence-electron chi connectivity index (χ3n) is 2.78. The first-order valence-corrected chi connectivity index (χ1v) is 8.05. The van der Waals surface area contributed by atoms with Gasteiger partial charge in [0.1, 0.15) is 4.90 Å². The maximum absolute atomic E-state index is 12.3. The zero-order chi connectivity index (χ0) is 16.4. The van der Waals surface area contributed by atoms with Gasteiger partial charge >= 0.3 is 5.97 Å². The number of hydrogen-bond acceptors (Lipinski definition) is 5. The predicted molar refractivity (Wildman–Crippen MR) is 76.4 cm³/mol. The minimum absolute atomic E-state index is 0.0535. The number of furan rings is 1. The van der Waals surface area contributed by atoms with E-state index in [0.29, 0.717) is 0 Å². The average molecular weight is 383 g/mol. The molecule has 1 unspecified atom stereocenters. The van der Waals surface area contributed by atoms with Crippen LogP contribution in [0.3, 0.4) is 0 Å². The van der Waals surface area contributed by atoms with E-state index in [1.54, 1.807) is 6.92 Å². The molecule has 0 spiro atoms. The topological polar surface area (TPSA) is 117 Å². The lowest BCUT2D eigenvalue weighted by atomic mass is 10.2. The van der Waals surface area contributed by atoms with Crippen molar-refractivity contribution in [2.45, 2.75) is 11.8 Å². The quantitative estimate of drug-likeness (QED) is 0.749. The van der Waals surface area contributed by atoms with E-state index >= 15 is 0 Å². The number of aromatic carboxylic acids is 1. The highest BCUT2D eigenvalue weighted by Gasteiger charge is 2.30. The summed E-state index contributed by atoms with van der Waals surface area (Å²) in [6, 6.07) is 0.919. The van der Waals surface area contributed by atoms with Crippen molar-refractivity contribution in [3.05, 3.63) is 16.5 Å². The molecule has 1 heterocycles. The molecular weight excluding hydrogens is 368 g/mol. The van der Waals surface area contributed by atoms with Crippen LogP contribution in [-0.4, -0.2) is 50.3 Å². The van der Waals surface area contributed by atoms with E-state index in [9.17, 15) is 18.0 Å². The molecule has 0 fully saturated rings.